The highest BCUT2D eigenvalue weighted by Gasteiger charge is 2.32. The van der Waals surface area contributed by atoms with Crippen LogP contribution in [0.1, 0.15) is 31.8 Å². The lowest BCUT2D eigenvalue weighted by molar-refractivity contribution is 0.0990. The molecule has 0 amide bonds. The number of hydrogen-bond donors (Lipinski definition) is 0. The van der Waals surface area contributed by atoms with Crippen molar-refractivity contribution in [2.24, 2.45) is 0 Å². The van der Waals surface area contributed by atoms with Crippen molar-refractivity contribution in [2.75, 3.05) is 0 Å². The van der Waals surface area contributed by atoms with Crippen LogP contribution in [0.3, 0.4) is 0 Å². The van der Waals surface area contributed by atoms with Crippen molar-refractivity contribution < 1.29 is 18.7 Å². The third kappa shape index (κ3) is 3.35. The van der Waals surface area contributed by atoms with Crippen LogP contribution in [-0.2, 0) is 6.61 Å². The largest absolute Gasteiger partial charge is 0.489 e. The number of fused-ring (bicyclic) bond motifs is 1. The highest BCUT2D eigenvalue weighted by Crippen LogP contribution is 2.28. The number of hydrogen-bond acceptors (Lipinski definition) is 3. The lowest BCUT2D eigenvalue weighted by Crippen LogP contribution is -2.00. The maximum atomic E-state index is 13.8. The summed E-state index contributed by atoms with van der Waals surface area (Å²) in [5, 5.41) is 0.305. The van der Waals surface area contributed by atoms with Gasteiger partial charge in [-0.3, -0.25) is 9.59 Å². The molecule has 1 aliphatic rings. The normalized spacial score (nSPS) is 12.9. The summed E-state index contributed by atoms with van der Waals surface area (Å²) in [5.41, 5.74) is 1.99. The molecule has 0 radical (unpaired) electrons. The van der Waals surface area contributed by atoms with E-state index in [2.05, 4.69) is 0 Å². The highest BCUT2D eigenvalue weighted by atomic mass is 35.5. The van der Waals surface area contributed by atoms with Crippen LogP contribution >= 0.6 is 11.6 Å². The first-order chi connectivity index (χ1) is 13.5. The number of carbonyl (C=O) groups is 2. The summed E-state index contributed by atoms with van der Waals surface area (Å²) >= 11 is 5.99. The highest BCUT2D eigenvalue weighted by molar-refractivity contribution is 6.41. The fourth-order valence-electron chi connectivity index (χ4n) is 3.06. The molecule has 0 spiro atoms. The Morgan fingerprint density at radius 2 is 1.50 bits per heavy atom. The van der Waals surface area contributed by atoms with Gasteiger partial charge in [0.2, 0.25) is 0 Å². The fourth-order valence-corrected chi connectivity index (χ4v) is 3.27. The SMILES string of the molecule is O=C1C(=Cc2ccc(OCc3c(F)cccc3Cl)cc2)C(=O)c2ccccc21. The zero-order valence-corrected chi connectivity index (χ0v) is 15.4. The van der Waals surface area contributed by atoms with Crippen molar-refractivity contribution in [1.29, 1.82) is 0 Å². The third-order valence-electron chi connectivity index (χ3n) is 4.54. The standard InChI is InChI=1S/C23H14ClFO3/c24-20-6-3-7-21(25)19(20)13-28-15-10-8-14(9-11-15)12-18-22(26)16-4-1-2-5-17(16)23(18)27/h1-12H,13H2. The van der Waals surface area contributed by atoms with E-state index < -0.39 is 5.82 Å². The molecule has 0 saturated carbocycles. The quantitative estimate of drug-likeness (QED) is 0.433. The van der Waals surface area contributed by atoms with Crippen LogP contribution in [0.25, 0.3) is 6.08 Å². The Balaban J connectivity index is 1.51. The Morgan fingerprint density at radius 3 is 2.11 bits per heavy atom. The van der Waals surface area contributed by atoms with Gasteiger partial charge in [-0.2, -0.15) is 0 Å². The number of benzene rings is 3. The number of allylic oxidation sites excluding steroid dienone is 1. The molecule has 0 saturated heterocycles. The summed E-state index contributed by atoms with van der Waals surface area (Å²) in [6.45, 7) is -0.00176. The second-order valence-corrected chi connectivity index (χ2v) is 6.73. The van der Waals surface area contributed by atoms with Gasteiger partial charge in [0, 0.05) is 16.7 Å². The monoisotopic (exact) mass is 392 g/mol. The molecule has 1 aliphatic carbocycles. The van der Waals surface area contributed by atoms with Gasteiger partial charge in [0.25, 0.3) is 0 Å². The Morgan fingerprint density at radius 1 is 0.857 bits per heavy atom. The van der Waals surface area contributed by atoms with Gasteiger partial charge in [-0.15, -0.1) is 0 Å². The number of ether oxygens (including phenoxy) is 1. The molecular weight excluding hydrogens is 379 g/mol. The van der Waals surface area contributed by atoms with Gasteiger partial charge < -0.3 is 4.74 Å². The number of Topliss-reactive ketones (excluding diaryl/α,β-unsaturated/α-hetero) is 2. The zero-order chi connectivity index (χ0) is 19.7. The van der Waals surface area contributed by atoms with Crippen molar-refractivity contribution in [2.45, 2.75) is 6.61 Å². The minimum absolute atomic E-state index is 0.00176. The molecule has 138 valence electrons. The van der Waals surface area contributed by atoms with Crippen molar-refractivity contribution in [3.8, 4) is 5.75 Å². The minimum Gasteiger partial charge on any atom is -0.489 e. The first-order valence-electron chi connectivity index (χ1n) is 8.60. The van der Waals surface area contributed by atoms with Gasteiger partial charge in [0.05, 0.1) is 10.6 Å². The van der Waals surface area contributed by atoms with E-state index >= 15 is 0 Å². The molecule has 5 heteroatoms. The van der Waals surface area contributed by atoms with Gasteiger partial charge in [-0.1, -0.05) is 54.1 Å². The molecular formula is C23H14ClFO3. The van der Waals surface area contributed by atoms with E-state index in [9.17, 15) is 14.0 Å². The lowest BCUT2D eigenvalue weighted by Gasteiger charge is -2.09. The topological polar surface area (TPSA) is 43.4 Å². The maximum Gasteiger partial charge on any atom is 0.197 e. The van der Waals surface area contributed by atoms with Crippen molar-refractivity contribution in [1.82, 2.24) is 0 Å². The van der Waals surface area contributed by atoms with Gasteiger partial charge in [0.1, 0.15) is 18.2 Å². The molecule has 3 aromatic carbocycles. The van der Waals surface area contributed by atoms with Crippen LogP contribution in [0, 0.1) is 5.82 Å². The van der Waals surface area contributed by atoms with E-state index in [1.54, 1.807) is 60.7 Å². The molecule has 3 aromatic rings. The number of carbonyl (C=O) groups excluding carboxylic acids is 2. The molecule has 28 heavy (non-hydrogen) atoms. The minimum atomic E-state index is -0.424. The third-order valence-corrected chi connectivity index (χ3v) is 4.90. The lowest BCUT2D eigenvalue weighted by atomic mass is 10.1. The summed E-state index contributed by atoms with van der Waals surface area (Å²) in [6, 6.07) is 18.1. The molecule has 0 bridgehead atoms. The fraction of sp³-hybridized carbons (Fsp3) is 0.0435. The van der Waals surface area contributed by atoms with Crippen LogP contribution in [0.5, 0.6) is 5.75 Å². The second kappa shape index (κ2) is 7.41. The van der Waals surface area contributed by atoms with E-state index in [-0.39, 0.29) is 29.3 Å². The van der Waals surface area contributed by atoms with E-state index in [1.807, 2.05) is 0 Å². The summed E-state index contributed by atoms with van der Waals surface area (Å²) < 4.78 is 19.4. The van der Waals surface area contributed by atoms with Gasteiger partial charge >= 0.3 is 0 Å². The van der Waals surface area contributed by atoms with E-state index in [4.69, 9.17) is 16.3 Å². The Kier molecular flexibility index (Phi) is 4.80. The molecule has 0 fully saturated rings. The van der Waals surface area contributed by atoms with Crippen molar-refractivity contribution >= 4 is 29.2 Å². The molecule has 0 aliphatic heterocycles. The van der Waals surface area contributed by atoms with Crippen LogP contribution in [0.4, 0.5) is 4.39 Å². The summed E-state index contributed by atoms with van der Waals surface area (Å²) in [4.78, 5) is 24.9. The molecule has 0 aromatic heterocycles. The molecule has 0 unspecified atom stereocenters. The zero-order valence-electron chi connectivity index (χ0n) is 14.6. The average Bonchev–Trinajstić information content (AvgIpc) is 2.94. The molecule has 0 atom stereocenters. The number of ketones is 2. The van der Waals surface area contributed by atoms with Crippen LogP contribution < -0.4 is 4.74 Å². The Bertz CT molecular complexity index is 1060. The Hall–Kier alpha value is -3.24. The summed E-state index contributed by atoms with van der Waals surface area (Å²) in [5.74, 6) is -0.439. The van der Waals surface area contributed by atoms with E-state index in [0.717, 1.165) is 0 Å². The van der Waals surface area contributed by atoms with Gasteiger partial charge in [0.15, 0.2) is 11.6 Å². The van der Waals surface area contributed by atoms with Crippen LogP contribution in [-0.4, -0.2) is 11.6 Å². The van der Waals surface area contributed by atoms with Crippen LogP contribution in [0.15, 0.2) is 72.3 Å². The molecule has 0 N–H and O–H groups in total. The van der Waals surface area contributed by atoms with E-state index in [0.29, 0.717) is 27.5 Å². The Labute approximate surface area is 166 Å². The van der Waals surface area contributed by atoms with Crippen molar-refractivity contribution in [3.63, 3.8) is 0 Å². The van der Waals surface area contributed by atoms with Crippen LogP contribution in [0.2, 0.25) is 5.02 Å². The molecule has 3 nitrogen and oxygen atoms in total. The predicted octanol–water partition coefficient (Wildman–Crippen LogP) is 5.52. The average molecular weight is 393 g/mol. The number of rotatable bonds is 4. The van der Waals surface area contributed by atoms with E-state index in [1.165, 1.54) is 12.1 Å². The summed E-state index contributed by atoms with van der Waals surface area (Å²) in [7, 11) is 0. The second-order valence-electron chi connectivity index (χ2n) is 6.32. The maximum absolute atomic E-state index is 13.8. The molecule has 4 rings (SSSR count). The van der Waals surface area contributed by atoms with Gasteiger partial charge in [-0.05, 0) is 35.9 Å². The molecule has 0 heterocycles. The first-order valence-corrected chi connectivity index (χ1v) is 8.98. The smallest absolute Gasteiger partial charge is 0.197 e. The number of halogens is 2. The summed E-state index contributed by atoms with van der Waals surface area (Å²) in [6.07, 6.45) is 1.57. The van der Waals surface area contributed by atoms with Gasteiger partial charge in [-0.25, -0.2) is 4.39 Å². The predicted molar refractivity (Wildman–Crippen MR) is 105 cm³/mol. The first kappa shape index (κ1) is 18.1. The van der Waals surface area contributed by atoms with Crippen molar-refractivity contribution in [3.05, 3.63) is 105 Å².